The van der Waals surface area contributed by atoms with Crippen LogP contribution in [-0.2, 0) is 26.2 Å². The van der Waals surface area contributed by atoms with Gasteiger partial charge in [-0.05, 0) is 51.5 Å². The van der Waals surface area contributed by atoms with Gasteiger partial charge in [-0.25, -0.2) is 8.42 Å². The SMILES string of the molecule is CCC(C(=O)NC(C)(C)C)N(Cc1c(Cl)cccc1Cl)C(=O)CN(c1cccc(Cl)c1Cl)S(C)(=O)=O. The normalized spacial score (nSPS) is 12.7. The molecular formula is C24H29Cl4N3O4S. The van der Waals surface area contributed by atoms with Crippen LogP contribution >= 0.6 is 46.4 Å². The van der Waals surface area contributed by atoms with E-state index in [9.17, 15) is 18.0 Å². The van der Waals surface area contributed by atoms with Crippen LogP contribution in [-0.4, -0.2) is 49.5 Å². The number of rotatable bonds is 9. The fraction of sp³-hybridized carbons (Fsp3) is 0.417. The standard InChI is InChI=1S/C24H29Cl4N3O4S/c1-6-19(23(33)29-24(2,3)4)30(13-15-16(25)9-7-10-17(15)26)21(32)14-31(36(5,34)35)20-12-8-11-18(27)22(20)28/h7-12,19H,6,13-14H2,1-5H3,(H,29,33). The number of carbonyl (C=O) groups is 2. The van der Waals surface area contributed by atoms with E-state index in [0.717, 1.165) is 10.6 Å². The second-order valence-electron chi connectivity index (χ2n) is 9.23. The van der Waals surface area contributed by atoms with Gasteiger partial charge in [-0.15, -0.1) is 0 Å². The first-order valence-electron chi connectivity index (χ1n) is 11.0. The van der Waals surface area contributed by atoms with E-state index in [1.165, 1.54) is 23.1 Å². The van der Waals surface area contributed by atoms with E-state index in [1.807, 2.05) is 20.8 Å². The molecule has 36 heavy (non-hydrogen) atoms. The molecule has 0 aromatic heterocycles. The van der Waals surface area contributed by atoms with Crippen LogP contribution in [0.15, 0.2) is 36.4 Å². The van der Waals surface area contributed by atoms with Crippen molar-refractivity contribution in [2.75, 3.05) is 17.1 Å². The van der Waals surface area contributed by atoms with E-state index in [2.05, 4.69) is 5.32 Å². The summed E-state index contributed by atoms with van der Waals surface area (Å²) in [5, 5.41) is 3.61. The van der Waals surface area contributed by atoms with Gasteiger partial charge in [-0.2, -0.15) is 0 Å². The van der Waals surface area contributed by atoms with Crippen LogP contribution in [0.5, 0.6) is 0 Å². The van der Waals surface area contributed by atoms with Gasteiger partial charge in [0.15, 0.2) is 0 Å². The van der Waals surface area contributed by atoms with Crippen LogP contribution in [0, 0.1) is 0 Å². The monoisotopic (exact) mass is 595 g/mol. The van der Waals surface area contributed by atoms with Gasteiger partial charge in [0.2, 0.25) is 21.8 Å². The van der Waals surface area contributed by atoms with Gasteiger partial charge >= 0.3 is 0 Å². The van der Waals surface area contributed by atoms with Gasteiger partial charge in [0.25, 0.3) is 0 Å². The summed E-state index contributed by atoms with van der Waals surface area (Å²) >= 11 is 25.1. The molecule has 0 saturated carbocycles. The molecule has 7 nitrogen and oxygen atoms in total. The van der Waals surface area contributed by atoms with Crippen molar-refractivity contribution in [1.82, 2.24) is 10.2 Å². The number of hydrogen-bond donors (Lipinski definition) is 1. The molecule has 2 amide bonds. The van der Waals surface area contributed by atoms with Crippen molar-refractivity contribution in [3.05, 3.63) is 62.1 Å². The Morgan fingerprint density at radius 2 is 1.50 bits per heavy atom. The Kier molecular flexibility index (Phi) is 10.4. The molecule has 2 aromatic carbocycles. The molecule has 1 atom stereocenters. The van der Waals surface area contributed by atoms with E-state index < -0.39 is 40.0 Å². The van der Waals surface area contributed by atoms with Gasteiger partial charge in [0, 0.05) is 27.7 Å². The van der Waals surface area contributed by atoms with Crippen LogP contribution in [0.4, 0.5) is 5.69 Å². The second-order valence-corrected chi connectivity index (χ2v) is 12.7. The molecule has 0 fully saturated rings. The maximum Gasteiger partial charge on any atom is 0.244 e. The molecule has 0 spiro atoms. The number of hydrogen-bond acceptors (Lipinski definition) is 4. The molecule has 0 radical (unpaired) electrons. The molecule has 0 aliphatic rings. The number of amides is 2. The average Bonchev–Trinajstić information content (AvgIpc) is 2.74. The molecule has 0 bridgehead atoms. The van der Waals surface area contributed by atoms with E-state index in [0.29, 0.717) is 15.6 Å². The van der Waals surface area contributed by atoms with Crippen molar-refractivity contribution in [2.24, 2.45) is 0 Å². The lowest BCUT2D eigenvalue weighted by atomic mass is 10.1. The summed E-state index contributed by atoms with van der Waals surface area (Å²) in [6.07, 6.45) is 1.21. The topological polar surface area (TPSA) is 86.8 Å². The molecular weight excluding hydrogens is 568 g/mol. The number of nitrogens with zero attached hydrogens (tertiary/aromatic N) is 2. The summed E-state index contributed by atoms with van der Waals surface area (Å²) in [6.45, 7) is 6.47. The third-order valence-electron chi connectivity index (χ3n) is 5.15. The van der Waals surface area contributed by atoms with Crippen LogP contribution in [0.2, 0.25) is 20.1 Å². The minimum absolute atomic E-state index is 0.0180. The molecule has 2 aromatic rings. The quantitative estimate of drug-likeness (QED) is 0.397. The highest BCUT2D eigenvalue weighted by atomic mass is 35.5. The van der Waals surface area contributed by atoms with Gasteiger partial charge in [-0.1, -0.05) is 65.5 Å². The lowest BCUT2D eigenvalue weighted by molar-refractivity contribution is -0.141. The predicted octanol–water partition coefficient (Wildman–Crippen LogP) is 5.79. The van der Waals surface area contributed by atoms with Gasteiger partial charge < -0.3 is 10.2 Å². The van der Waals surface area contributed by atoms with Crippen molar-refractivity contribution in [2.45, 2.75) is 52.2 Å². The molecule has 0 aliphatic heterocycles. The highest BCUT2D eigenvalue weighted by molar-refractivity contribution is 7.92. The first-order valence-corrected chi connectivity index (χ1v) is 14.4. The predicted molar refractivity (Wildman–Crippen MR) is 148 cm³/mol. The number of carbonyl (C=O) groups excluding carboxylic acids is 2. The first-order chi connectivity index (χ1) is 16.6. The van der Waals surface area contributed by atoms with Gasteiger partial charge in [-0.3, -0.25) is 13.9 Å². The van der Waals surface area contributed by atoms with E-state index in [-0.39, 0.29) is 28.7 Å². The number of nitrogens with one attached hydrogen (secondary N) is 1. The molecule has 12 heteroatoms. The van der Waals surface area contributed by atoms with Crippen molar-refractivity contribution >= 4 is 73.9 Å². The molecule has 0 heterocycles. The van der Waals surface area contributed by atoms with Crippen LogP contribution in [0.25, 0.3) is 0 Å². The zero-order valence-electron chi connectivity index (χ0n) is 20.6. The fourth-order valence-corrected chi connectivity index (χ4v) is 5.32. The maximum atomic E-state index is 13.7. The lowest BCUT2D eigenvalue weighted by Gasteiger charge is -2.35. The van der Waals surface area contributed by atoms with E-state index in [1.54, 1.807) is 25.1 Å². The Morgan fingerprint density at radius 3 is 2.00 bits per heavy atom. The number of sulfonamides is 1. The van der Waals surface area contributed by atoms with Crippen molar-refractivity contribution in [3.63, 3.8) is 0 Å². The number of benzene rings is 2. The van der Waals surface area contributed by atoms with E-state index in [4.69, 9.17) is 46.4 Å². The molecule has 0 saturated heterocycles. The third kappa shape index (κ3) is 7.89. The third-order valence-corrected chi connectivity index (χ3v) is 7.80. The summed E-state index contributed by atoms with van der Waals surface area (Å²) in [6, 6.07) is 8.45. The number of anilines is 1. The summed E-state index contributed by atoms with van der Waals surface area (Å²) in [7, 11) is -3.97. The zero-order chi connectivity index (χ0) is 27.4. The van der Waals surface area contributed by atoms with E-state index >= 15 is 0 Å². The van der Waals surface area contributed by atoms with Crippen molar-refractivity contribution in [3.8, 4) is 0 Å². The van der Waals surface area contributed by atoms with Crippen LogP contribution < -0.4 is 9.62 Å². The van der Waals surface area contributed by atoms with Crippen LogP contribution in [0.3, 0.4) is 0 Å². The summed E-state index contributed by atoms with van der Waals surface area (Å²) in [4.78, 5) is 28.2. The highest BCUT2D eigenvalue weighted by Crippen LogP contribution is 2.34. The first kappa shape index (κ1) is 30.5. The minimum atomic E-state index is -3.97. The summed E-state index contributed by atoms with van der Waals surface area (Å²) in [5.41, 5.74) is -0.0835. The Morgan fingerprint density at radius 1 is 0.972 bits per heavy atom. The van der Waals surface area contributed by atoms with Crippen LogP contribution in [0.1, 0.15) is 39.7 Å². The summed E-state index contributed by atoms with van der Waals surface area (Å²) in [5.74, 6) is -1.04. The number of halogens is 4. The zero-order valence-corrected chi connectivity index (χ0v) is 24.5. The molecule has 1 unspecified atom stereocenters. The second kappa shape index (κ2) is 12.2. The fourth-order valence-electron chi connectivity index (χ4n) is 3.51. The molecule has 2 rings (SSSR count). The Labute approximate surface area is 232 Å². The minimum Gasteiger partial charge on any atom is -0.350 e. The average molecular weight is 597 g/mol. The maximum absolute atomic E-state index is 13.7. The Hall–Kier alpha value is -1.71. The Bertz CT molecular complexity index is 1210. The Balaban J connectivity index is 2.57. The van der Waals surface area contributed by atoms with Gasteiger partial charge in [0.1, 0.15) is 12.6 Å². The summed E-state index contributed by atoms with van der Waals surface area (Å²) < 4.78 is 26.3. The molecule has 0 aliphatic carbocycles. The van der Waals surface area contributed by atoms with Crippen molar-refractivity contribution < 1.29 is 18.0 Å². The van der Waals surface area contributed by atoms with Crippen molar-refractivity contribution in [1.29, 1.82) is 0 Å². The lowest BCUT2D eigenvalue weighted by Crippen LogP contribution is -2.55. The molecule has 1 N–H and O–H groups in total. The smallest absolute Gasteiger partial charge is 0.244 e. The largest absolute Gasteiger partial charge is 0.350 e. The molecule has 198 valence electrons. The van der Waals surface area contributed by atoms with Gasteiger partial charge in [0.05, 0.1) is 22.0 Å². The highest BCUT2D eigenvalue weighted by Gasteiger charge is 2.34.